The SMILES string of the molecule is Cc1[nH]cnc1C(=O)N(C)CC1CCCN1C(=O)c1cc(C(F)(F)F)no1. The molecule has 0 saturated carbocycles. The summed E-state index contributed by atoms with van der Waals surface area (Å²) in [6.45, 7) is 2.33. The lowest BCUT2D eigenvalue weighted by Gasteiger charge is -2.28. The highest BCUT2D eigenvalue weighted by atomic mass is 19.4. The van der Waals surface area contributed by atoms with E-state index in [9.17, 15) is 22.8 Å². The molecule has 1 fully saturated rings. The average molecular weight is 385 g/mol. The molecule has 1 atom stereocenters. The predicted octanol–water partition coefficient (Wildman–Crippen LogP) is 2.10. The summed E-state index contributed by atoms with van der Waals surface area (Å²) in [5.74, 6) is -1.43. The molecular weight excluding hydrogens is 367 g/mol. The zero-order valence-electron chi connectivity index (χ0n) is 14.7. The number of H-pyrrole nitrogens is 1. The lowest BCUT2D eigenvalue weighted by atomic mass is 10.2. The number of amides is 2. The molecule has 3 rings (SSSR count). The molecule has 0 spiro atoms. The molecule has 1 saturated heterocycles. The molecule has 1 N–H and O–H groups in total. The standard InChI is InChI=1S/C16H18F3N5O3/c1-9-13(21-8-20-9)15(26)23(2)7-10-4-3-5-24(10)14(25)11-6-12(22-27-11)16(17,18)19/h6,8,10H,3-5,7H2,1-2H3,(H,20,21). The molecule has 1 aliphatic heterocycles. The molecule has 3 heterocycles. The van der Waals surface area contributed by atoms with Crippen molar-refractivity contribution in [1.29, 1.82) is 0 Å². The summed E-state index contributed by atoms with van der Waals surface area (Å²) in [5.41, 5.74) is -0.325. The second kappa shape index (κ2) is 7.05. The highest BCUT2D eigenvalue weighted by Crippen LogP contribution is 2.29. The lowest BCUT2D eigenvalue weighted by Crippen LogP contribution is -2.44. The van der Waals surface area contributed by atoms with Crippen LogP contribution >= 0.6 is 0 Å². The van der Waals surface area contributed by atoms with Gasteiger partial charge in [0.15, 0.2) is 5.69 Å². The normalized spacial score (nSPS) is 17.4. The van der Waals surface area contributed by atoms with Crippen LogP contribution in [0.2, 0.25) is 0 Å². The molecule has 0 radical (unpaired) electrons. The van der Waals surface area contributed by atoms with Crippen LogP contribution in [0.25, 0.3) is 0 Å². The molecule has 11 heteroatoms. The van der Waals surface area contributed by atoms with Gasteiger partial charge in [-0.25, -0.2) is 4.98 Å². The van der Waals surface area contributed by atoms with Crippen LogP contribution in [0.4, 0.5) is 13.2 Å². The van der Waals surface area contributed by atoms with Gasteiger partial charge in [-0.1, -0.05) is 5.16 Å². The van der Waals surface area contributed by atoms with Gasteiger partial charge in [-0.2, -0.15) is 13.2 Å². The van der Waals surface area contributed by atoms with E-state index in [1.54, 1.807) is 14.0 Å². The molecule has 0 aromatic carbocycles. The van der Waals surface area contributed by atoms with E-state index in [2.05, 4.69) is 19.6 Å². The summed E-state index contributed by atoms with van der Waals surface area (Å²) in [6, 6.07) is 0.268. The highest BCUT2D eigenvalue weighted by molar-refractivity contribution is 5.93. The van der Waals surface area contributed by atoms with E-state index in [1.165, 1.54) is 16.1 Å². The van der Waals surface area contributed by atoms with Crippen LogP contribution < -0.4 is 0 Å². The number of aromatic amines is 1. The van der Waals surface area contributed by atoms with Gasteiger partial charge in [0.1, 0.15) is 5.69 Å². The van der Waals surface area contributed by atoms with Crippen molar-refractivity contribution in [2.45, 2.75) is 32.0 Å². The second-order valence-corrected chi connectivity index (χ2v) is 6.43. The molecule has 2 aromatic heterocycles. The van der Waals surface area contributed by atoms with Crippen molar-refractivity contribution in [3.05, 3.63) is 35.2 Å². The summed E-state index contributed by atoms with van der Waals surface area (Å²) in [6.07, 6.45) is -1.95. The van der Waals surface area contributed by atoms with Crippen molar-refractivity contribution in [3.8, 4) is 0 Å². The third-order valence-electron chi connectivity index (χ3n) is 4.51. The number of carbonyl (C=O) groups is 2. The van der Waals surface area contributed by atoms with Crippen LogP contribution in [0.1, 0.15) is 45.3 Å². The summed E-state index contributed by atoms with van der Waals surface area (Å²) < 4.78 is 42.5. The smallest absolute Gasteiger partial charge is 0.350 e. The van der Waals surface area contributed by atoms with Gasteiger partial charge in [-0.15, -0.1) is 0 Å². The molecular formula is C16H18F3N5O3. The van der Waals surface area contributed by atoms with E-state index in [-0.39, 0.29) is 18.5 Å². The summed E-state index contributed by atoms with van der Waals surface area (Å²) in [7, 11) is 1.59. The number of imidazole rings is 1. The molecule has 1 aliphatic rings. The Bertz CT molecular complexity index is 844. The third-order valence-corrected chi connectivity index (χ3v) is 4.51. The van der Waals surface area contributed by atoms with Crippen LogP contribution in [-0.2, 0) is 6.18 Å². The number of alkyl halides is 3. The highest BCUT2D eigenvalue weighted by Gasteiger charge is 2.38. The Morgan fingerprint density at radius 3 is 2.78 bits per heavy atom. The van der Waals surface area contributed by atoms with Gasteiger partial charge < -0.3 is 19.3 Å². The largest absolute Gasteiger partial charge is 0.436 e. The molecule has 2 aromatic rings. The van der Waals surface area contributed by atoms with Crippen molar-refractivity contribution >= 4 is 11.8 Å². The number of halogens is 3. The number of hydrogen-bond acceptors (Lipinski definition) is 5. The average Bonchev–Trinajstić information content (AvgIpc) is 3.33. The van der Waals surface area contributed by atoms with Crippen molar-refractivity contribution in [3.63, 3.8) is 0 Å². The summed E-state index contributed by atoms with van der Waals surface area (Å²) in [4.78, 5) is 34.7. The quantitative estimate of drug-likeness (QED) is 0.870. The Balaban J connectivity index is 1.70. The first-order chi connectivity index (χ1) is 12.7. The van der Waals surface area contributed by atoms with Gasteiger partial charge in [0.2, 0.25) is 5.76 Å². The molecule has 2 amide bonds. The van der Waals surface area contributed by atoms with Crippen LogP contribution in [-0.4, -0.2) is 62.9 Å². The van der Waals surface area contributed by atoms with E-state index >= 15 is 0 Å². The lowest BCUT2D eigenvalue weighted by molar-refractivity contribution is -0.142. The van der Waals surface area contributed by atoms with Gasteiger partial charge >= 0.3 is 6.18 Å². The number of nitrogens with zero attached hydrogens (tertiary/aromatic N) is 4. The zero-order valence-corrected chi connectivity index (χ0v) is 14.7. The van der Waals surface area contributed by atoms with Crippen molar-refractivity contribution in [1.82, 2.24) is 24.9 Å². The molecule has 8 nitrogen and oxygen atoms in total. The number of aromatic nitrogens is 3. The number of aryl methyl sites for hydroxylation is 1. The number of likely N-dealkylation sites (N-methyl/N-ethyl adjacent to an activating group) is 1. The maximum atomic E-state index is 12.6. The zero-order chi connectivity index (χ0) is 19.8. The molecule has 0 bridgehead atoms. The van der Waals surface area contributed by atoms with Crippen molar-refractivity contribution < 1.29 is 27.3 Å². The van der Waals surface area contributed by atoms with Gasteiger partial charge in [0.25, 0.3) is 11.8 Å². The Morgan fingerprint density at radius 1 is 1.44 bits per heavy atom. The van der Waals surface area contributed by atoms with Crippen LogP contribution in [0.3, 0.4) is 0 Å². The molecule has 1 unspecified atom stereocenters. The first-order valence-electron chi connectivity index (χ1n) is 8.28. The number of hydrogen-bond donors (Lipinski definition) is 1. The summed E-state index contributed by atoms with van der Waals surface area (Å²) in [5, 5.41) is 2.91. The fraction of sp³-hybridized carbons (Fsp3) is 0.500. The Kier molecular flexibility index (Phi) is 4.94. The first-order valence-corrected chi connectivity index (χ1v) is 8.28. The molecule has 27 heavy (non-hydrogen) atoms. The van der Waals surface area contributed by atoms with E-state index in [4.69, 9.17) is 0 Å². The van der Waals surface area contributed by atoms with E-state index < -0.39 is 23.5 Å². The van der Waals surface area contributed by atoms with E-state index in [1.807, 2.05) is 0 Å². The van der Waals surface area contributed by atoms with E-state index in [0.717, 1.165) is 0 Å². The van der Waals surface area contributed by atoms with Crippen LogP contribution in [0.15, 0.2) is 16.9 Å². The van der Waals surface area contributed by atoms with Crippen LogP contribution in [0.5, 0.6) is 0 Å². The number of nitrogens with one attached hydrogen (secondary N) is 1. The summed E-state index contributed by atoms with van der Waals surface area (Å²) >= 11 is 0. The van der Waals surface area contributed by atoms with Crippen LogP contribution in [0, 0.1) is 6.92 Å². The first kappa shape index (κ1) is 18.9. The van der Waals surface area contributed by atoms with Gasteiger partial charge in [0.05, 0.1) is 6.33 Å². The minimum Gasteiger partial charge on any atom is -0.350 e. The number of rotatable bonds is 4. The Hall–Kier alpha value is -2.85. The second-order valence-electron chi connectivity index (χ2n) is 6.43. The topological polar surface area (TPSA) is 95.3 Å². The minimum atomic E-state index is -4.68. The van der Waals surface area contributed by atoms with E-state index in [0.29, 0.717) is 36.8 Å². The number of carbonyl (C=O) groups excluding carboxylic acids is 2. The maximum Gasteiger partial charge on any atom is 0.436 e. The fourth-order valence-electron chi connectivity index (χ4n) is 3.10. The minimum absolute atomic E-state index is 0.233. The molecule has 146 valence electrons. The van der Waals surface area contributed by atoms with Crippen molar-refractivity contribution in [2.24, 2.45) is 0 Å². The maximum absolute atomic E-state index is 12.6. The number of likely N-dealkylation sites (tertiary alicyclic amines) is 1. The monoisotopic (exact) mass is 385 g/mol. The Labute approximate surface area is 152 Å². The molecule has 0 aliphatic carbocycles. The van der Waals surface area contributed by atoms with Gasteiger partial charge in [-0.3, -0.25) is 9.59 Å². The predicted molar refractivity (Wildman–Crippen MR) is 85.8 cm³/mol. The fourth-order valence-corrected chi connectivity index (χ4v) is 3.10. The van der Waals surface area contributed by atoms with Crippen molar-refractivity contribution in [2.75, 3.05) is 20.1 Å². The Morgan fingerprint density at radius 2 is 2.19 bits per heavy atom. The third kappa shape index (κ3) is 3.81. The van der Waals surface area contributed by atoms with Gasteiger partial charge in [0, 0.05) is 37.9 Å². The van der Waals surface area contributed by atoms with Gasteiger partial charge in [-0.05, 0) is 19.8 Å².